The Bertz CT molecular complexity index is 775. The van der Waals surface area contributed by atoms with Crippen molar-refractivity contribution >= 4 is 23.6 Å². The number of rotatable bonds is 5. The van der Waals surface area contributed by atoms with Gasteiger partial charge in [0.2, 0.25) is 12.7 Å². The number of halogens is 2. The maximum Gasteiger partial charge on any atom is 0.244 e. The zero-order valence-electron chi connectivity index (χ0n) is 12.7. The van der Waals surface area contributed by atoms with Crippen LogP contribution in [-0.4, -0.2) is 19.2 Å². The van der Waals surface area contributed by atoms with Gasteiger partial charge in [0, 0.05) is 12.6 Å². The molecule has 1 heterocycles. The summed E-state index contributed by atoms with van der Waals surface area (Å²) in [7, 11) is 0. The minimum atomic E-state index is -0.270. The summed E-state index contributed by atoms with van der Waals surface area (Å²) in [5.41, 5.74) is 1.71. The summed E-state index contributed by atoms with van der Waals surface area (Å²) in [6.45, 7) is 0.614. The van der Waals surface area contributed by atoms with Gasteiger partial charge in [-0.15, -0.1) is 0 Å². The van der Waals surface area contributed by atoms with Crippen molar-refractivity contribution in [3.63, 3.8) is 0 Å². The van der Waals surface area contributed by atoms with Gasteiger partial charge < -0.3 is 14.8 Å². The molecule has 2 aromatic carbocycles. The Morgan fingerprint density at radius 3 is 2.83 bits per heavy atom. The Labute approximate surface area is 143 Å². The van der Waals surface area contributed by atoms with Crippen molar-refractivity contribution in [3.8, 4) is 11.5 Å². The Morgan fingerprint density at radius 1 is 1.25 bits per heavy atom. The second-order valence-corrected chi connectivity index (χ2v) is 5.64. The van der Waals surface area contributed by atoms with Crippen molar-refractivity contribution < 1.29 is 18.7 Å². The molecule has 0 unspecified atom stereocenters. The summed E-state index contributed by atoms with van der Waals surface area (Å²) in [6, 6.07) is 9.67. The highest BCUT2D eigenvalue weighted by atomic mass is 35.5. The first-order valence-corrected chi connectivity index (χ1v) is 7.79. The number of ether oxygens (including phenoxy) is 2. The first-order valence-electron chi connectivity index (χ1n) is 7.41. The second kappa shape index (κ2) is 7.36. The fourth-order valence-corrected chi connectivity index (χ4v) is 2.57. The lowest BCUT2D eigenvalue weighted by Crippen LogP contribution is -2.23. The molecule has 0 aliphatic carbocycles. The number of fused-ring (bicyclic) bond motifs is 1. The number of carbonyl (C=O) groups excluding carboxylic acids is 1. The van der Waals surface area contributed by atoms with Gasteiger partial charge >= 0.3 is 0 Å². The van der Waals surface area contributed by atoms with E-state index in [1.54, 1.807) is 30.3 Å². The number of hydrogen-bond donors (Lipinski definition) is 1. The lowest BCUT2D eigenvalue weighted by molar-refractivity contribution is -0.116. The average molecular weight is 348 g/mol. The van der Waals surface area contributed by atoms with Crippen LogP contribution in [0.1, 0.15) is 11.1 Å². The Hall–Kier alpha value is -2.53. The topological polar surface area (TPSA) is 47.6 Å². The van der Waals surface area contributed by atoms with Crippen molar-refractivity contribution in [2.45, 2.75) is 6.42 Å². The zero-order chi connectivity index (χ0) is 16.9. The molecule has 0 saturated carbocycles. The van der Waals surface area contributed by atoms with E-state index in [9.17, 15) is 9.18 Å². The van der Waals surface area contributed by atoms with E-state index in [0.717, 1.165) is 11.1 Å². The van der Waals surface area contributed by atoms with E-state index >= 15 is 0 Å². The minimum absolute atomic E-state index is 0.145. The molecule has 3 rings (SSSR count). The standard InChI is InChI=1S/C18H15ClFNO3/c19-15-9-13(10-16-18(15)24-11-23-16)3-6-17(22)21-8-7-12-1-4-14(20)5-2-12/h1-6,9-10H,7-8,11H2,(H,21,22). The fourth-order valence-electron chi connectivity index (χ4n) is 2.30. The van der Waals surface area contributed by atoms with Crippen LogP contribution in [-0.2, 0) is 11.2 Å². The monoisotopic (exact) mass is 347 g/mol. The van der Waals surface area contributed by atoms with E-state index in [4.69, 9.17) is 21.1 Å². The normalized spacial score (nSPS) is 12.6. The van der Waals surface area contributed by atoms with Crippen LogP contribution in [0.5, 0.6) is 11.5 Å². The second-order valence-electron chi connectivity index (χ2n) is 5.24. The number of benzene rings is 2. The van der Waals surface area contributed by atoms with Gasteiger partial charge in [-0.05, 0) is 47.9 Å². The summed E-state index contributed by atoms with van der Waals surface area (Å²) >= 11 is 6.09. The number of nitrogens with one attached hydrogen (secondary N) is 1. The van der Waals surface area contributed by atoms with Crippen molar-refractivity contribution in [3.05, 3.63) is 64.4 Å². The molecule has 0 radical (unpaired) electrons. The molecular formula is C18H15ClFNO3. The highest BCUT2D eigenvalue weighted by Gasteiger charge is 2.17. The van der Waals surface area contributed by atoms with Gasteiger partial charge in [-0.1, -0.05) is 23.7 Å². The molecule has 0 saturated heterocycles. The van der Waals surface area contributed by atoms with E-state index in [0.29, 0.717) is 29.5 Å². The third-order valence-corrected chi connectivity index (χ3v) is 3.78. The summed E-state index contributed by atoms with van der Waals surface area (Å²) in [5, 5.41) is 3.22. The van der Waals surface area contributed by atoms with Crippen LogP contribution in [0.25, 0.3) is 6.08 Å². The first-order chi connectivity index (χ1) is 11.6. The summed E-state index contributed by atoms with van der Waals surface area (Å²) < 4.78 is 23.3. The van der Waals surface area contributed by atoms with Crippen LogP contribution < -0.4 is 14.8 Å². The fraction of sp³-hybridized carbons (Fsp3) is 0.167. The van der Waals surface area contributed by atoms with Gasteiger partial charge in [0.25, 0.3) is 0 Å². The molecule has 24 heavy (non-hydrogen) atoms. The smallest absolute Gasteiger partial charge is 0.244 e. The molecule has 0 fully saturated rings. The van der Waals surface area contributed by atoms with E-state index in [1.165, 1.54) is 18.2 Å². The maximum atomic E-state index is 12.8. The molecule has 0 spiro atoms. The third kappa shape index (κ3) is 4.06. The van der Waals surface area contributed by atoms with E-state index < -0.39 is 0 Å². The molecule has 1 N–H and O–H groups in total. The lowest BCUT2D eigenvalue weighted by Gasteiger charge is -2.03. The molecule has 4 nitrogen and oxygen atoms in total. The predicted molar refractivity (Wildman–Crippen MR) is 89.7 cm³/mol. The first kappa shape index (κ1) is 16.3. The van der Waals surface area contributed by atoms with Gasteiger partial charge in [-0.25, -0.2) is 4.39 Å². The SMILES string of the molecule is O=C(C=Cc1cc(Cl)c2c(c1)OCO2)NCCc1ccc(F)cc1. The molecule has 1 aliphatic heterocycles. The molecule has 2 aromatic rings. The average Bonchev–Trinajstić information content (AvgIpc) is 3.04. The van der Waals surface area contributed by atoms with Gasteiger partial charge in [0.15, 0.2) is 11.5 Å². The quantitative estimate of drug-likeness (QED) is 0.841. The molecule has 1 amide bonds. The van der Waals surface area contributed by atoms with E-state index in [2.05, 4.69) is 5.32 Å². The molecule has 1 aliphatic rings. The third-order valence-electron chi connectivity index (χ3n) is 3.50. The van der Waals surface area contributed by atoms with Crippen LogP contribution in [0.3, 0.4) is 0 Å². The zero-order valence-corrected chi connectivity index (χ0v) is 13.5. The van der Waals surface area contributed by atoms with Crippen molar-refractivity contribution in [1.29, 1.82) is 0 Å². The molecule has 124 valence electrons. The molecule has 0 aromatic heterocycles. The lowest BCUT2D eigenvalue weighted by atomic mass is 10.1. The minimum Gasteiger partial charge on any atom is -0.454 e. The van der Waals surface area contributed by atoms with Crippen molar-refractivity contribution in [2.24, 2.45) is 0 Å². The highest BCUT2D eigenvalue weighted by molar-refractivity contribution is 6.32. The van der Waals surface area contributed by atoms with Gasteiger partial charge in [0.05, 0.1) is 5.02 Å². The van der Waals surface area contributed by atoms with E-state index in [-0.39, 0.29) is 18.5 Å². The Balaban J connectivity index is 1.52. The van der Waals surface area contributed by atoms with Crippen LogP contribution >= 0.6 is 11.6 Å². The van der Waals surface area contributed by atoms with Gasteiger partial charge in [0.1, 0.15) is 5.82 Å². The number of amides is 1. The maximum absolute atomic E-state index is 12.8. The van der Waals surface area contributed by atoms with E-state index in [1.807, 2.05) is 0 Å². The van der Waals surface area contributed by atoms with Gasteiger partial charge in [-0.2, -0.15) is 0 Å². The predicted octanol–water partition coefficient (Wildman–Crippen LogP) is 3.58. The van der Waals surface area contributed by atoms with Crippen LogP contribution in [0, 0.1) is 5.82 Å². The Kier molecular flexibility index (Phi) is 5.01. The summed E-state index contributed by atoms with van der Waals surface area (Å²) in [5.74, 6) is 0.607. The van der Waals surface area contributed by atoms with Crippen LogP contribution in [0.4, 0.5) is 4.39 Å². The molecule has 6 heteroatoms. The number of carbonyl (C=O) groups is 1. The van der Waals surface area contributed by atoms with Crippen LogP contribution in [0.2, 0.25) is 5.02 Å². The Morgan fingerprint density at radius 2 is 2.04 bits per heavy atom. The number of hydrogen-bond acceptors (Lipinski definition) is 3. The molecule has 0 atom stereocenters. The highest BCUT2D eigenvalue weighted by Crippen LogP contribution is 2.39. The molecule has 0 bridgehead atoms. The van der Waals surface area contributed by atoms with Gasteiger partial charge in [-0.3, -0.25) is 4.79 Å². The summed E-state index contributed by atoms with van der Waals surface area (Å²) in [4.78, 5) is 11.8. The summed E-state index contributed by atoms with van der Waals surface area (Å²) in [6.07, 6.45) is 3.72. The van der Waals surface area contributed by atoms with Crippen LogP contribution in [0.15, 0.2) is 42.5 Å². The van der Waals surface area contributed by atoms with Crippen molar-refractivity contribution in [2.75, 3.05) is 13.3 Å². The molecular weight excluding hydrogens is 333 g/mol. The van der Waals surface area contributed by atoms with Crippen molar-refractivity contribution in [1.82, 2.24) is 5.32 Å². The largest absolute Gasteiger partial charge is 0.454 e.